The molecule has 0 saturated carbocycles. The zero-order valence-electron chi connectivity index (χ0n) is 36.4. The Hall–Kier alpha value is -4.51. The highest BCUT2D eigenvalue weighted by Gasteiger charge is 2.36. The van der Waals surface area contributed by atoms with E-state index in [0.29, 0.717) is 24.8 Å². The maximum atomic E-state index is 14.2. The highest BCUT2D eigenvalue weighted by molar-refractivity contribution is 7.99. The molecular weight excluding hydrogens is 874 g/mol. The summed E-state index contributed by atoms with van der Waals surface area (Å²) in [5, 5.41) is 4.03. The molecule has 12 nitrogen and oxygen atoms in total. The Kier molecular flexibility index (Phi) is 14.5. The maximum Gasteiger partial charge on any atom is 0.263 e. The van der Waals surface area contributed by atoms with E-state index < -0.39 is 30.6 Å². The Balaban J connectivity index is 1.05. The van der Waals surface area contributed by atoms with Crippen molar-refractivity contribution >= 4 is 60.6 Å². The summed E-state index contributed by atoms with van der Waals surface area (Å²) in [6, 6.07) is 30.2. The fourth-order valence-electron chi connectivity index (χ4n) is 8.03. The second kappa shape index (κ2) is 19.7. The van der Waals surface area contributed by atoms with E-state index in [0.717, 1.165) is 65.8 Å². The van der Waals surface area contributed by atoms with Crippen LogP contribution in [0.2, 0.25) is 5.02 Å². The normalized spacial score (nSPS) is 16.0. The van der Waals surface area contributed by atoms with Crippen LogP contribution >= 0.6 is 23.4 Å². The summed E-state index contributed by atoms with van der Waals surface area (Å²) in [6.45, 7) is 8.81. The second-order valence-corrected chi connectivity index (χ2v) is 23.3. The third-order valence-corrected chi connectivity index (χ3v) is 17.0. The molecule has 4 aromatic carbocycles. The topological polar surface area (TPSA) is 145 Å². The Morgan fingerprint density at radius 2 is 1.60 bits per heavy atom. The summed E-state index contributed by atoms with van der Waals surface area (Å²) in [5.74, 6) is 0.516. The molecule has 1 fully saturated rings. The van der Waals surface area contributed by atoms with E-state index in [1.165, 1.54) is 52.3 Å². The molecule has 2 N–H and O–H groups in total. The van der Waals surface area contributed by atoms with Crippen LogP contribution in [0.3, 0.4) is 0 Å². The second-order valence-electron chi connectivity index (χ2n) is 17.4. The lowest BCUT2D eigenvalue weighted by Crippen LogP contribution is -2.46. The number of carbonyl (C=O) groups excluding carboxylic acids is 1. The van der Waals surface area contributed by atoms with Crippen molar-refractivity contribution in [3.8, 4) is 11.1 Å². The van der Waals surface area contributed by atoms with Gasteiger partial charge in [0.15, 0.2) is 9.84 Å². The number of benzene rings is 4. The first-order valence-electron chi connectivity index (χ1n) is 21.2. The van der Waals surface area contributed by atoms with E-state index in [2.05, 4.69) is 66.2 Å². The molecule has 0 aliphatic carbocycles. The van der Waals surface area contributed by atoms with Gasteiger partial charge in [0.1, 0.15) is 12.1 Å². The number of hydrogen-bond donors (Lipinski definition) is 2. The molecule has 2 aliphatic rings. The summed E-state index contributed by atoms with van der Waals surface area (Å²) in [5.41, 5.74) is 5.38. The van der Waals surface area contributed by atoms with Crippen LogP contribution in [-0.4, -0.2) is 104 Å². The number of piperidine rings is 1. The molecule has 1 aromatic heterocycles. The van der Waals surface area contributed by atoms with Crippen molar-refractivity contribution in [1.29, 1.82) is 0 Å². The van der Waals surface area contributed by atoms with Gasteiger partial charge >= 0.3 is 0 Å². The Labute approximate surface area is 381 Å². The number of rotatable bonds is 15. The van der Waals surface area contributed by atoms with Crippen molar-refractivity contribution in [2.75, 3.05) is 49.5 Å². The zero-order chi connectivity index (χ0) is 44.9. The van der Waals surface area contributed by atoms with Gasteiger partial charge < -0.3 is 10.2 Å². The Bertz CT molecular complexity index is 2620. The SMILES string of the molecule is CN(C)C(=O)C[C@H](CSc1ccccc1)Nc1ccc(S(=O)(=O)Nc2ncnc3c2CCN(C2CCN(Cc4ccccc4-c4ccc(Cl)cc4)CC2)C3)cc1S(=O)(=O)C(C)(C)C. The van der Waals surface area contributed by atoms with E-state index in [-0.39, 0.29) is 33.6 Å². The van der Waals surface area contributed by atoms with Crippen LogP contribution in [0.5, 0.6) is 0 Å². The van der Waals surface area contributed by atoms with Crippen LogP contribution in [-0.2, 0) is 44.2 Å². The number of carbonyl (C=O) groups is 1. The van der Waals surface area contributed by atoms with Crippen molar-refractivity contribution < 1.29 is 21.6 Å². The number of anilines is 2. The van der Waals surface area contributed by atoms with Crippen molar-refractivity contribution in [1.82, 2.24) is 24.7 Å². The number of sulfonamides is 1. The molecule has 16 heteroatoms. The largest absolute Gasteiger partial charge is 0.380 e. The number of fused-ring (bicyclic) bond motifs is 1. The van der Waals surface area contributed by atoms with Gasteiger partial charge in [-0.3, -0.25) is 19.3 Å². The predicted octanol–water partition coefficient (Wildman–Crippen LogP) is 8.24. The number of sulfone groups is 1. The number of hydrogen-bond acceptors (Lipinski definition) is 11. The zero-order valence-corrected chi connectivity index (χ0v) is 39.6. The van der Waals surface area contributed by atoms with E-state index in [4.69, 9.17) is 11.6 Å². The van der Waals surface area contributed by atoms with Crippen LogP contribution in [0.1, 0.15) is 56.9 Å². The summed E-state index contributed by atoms with van der Waals surface area (Å²) >= 11 is 7.70. The fraction of sp³-hybridized carbons (Fsp3) is 0.383. The third-order valence-electron chi connectivity index (χ3n) is 11.7. The van der Waals surface area contributed by atoms with Gasteiger partial charge in [-0.1, -0.05) is 66.2 Å². The van der Waals surface area contributed by atoms with Crippen LogP contribution in [0, 0.1) is 0 Å². The van der Waals surface area contributed by atoms with Gasteiger partial charge in [-0.05, 0) is 112 Å². The van der Waals surface area contributed by atoms with Crippen LogP contribution in [0.25, 0.3) is 11.1 Å². The molecule has 0 radical (unpaired) electrons. The van der Waals surface area contributed by atoms with Crippen LogP contribution in [0.15, 0.2) is 118 Å². The fourth-order valence-corrected chi connectivity index (χ4v) is 11.6. The molecule has 7 rings (SSSR count). The van der Waals surface area contributed by atoms with Crippen LogP contribution < -0.4 is 10.0 Å². The number of halogens is 1. The summed E-state index contributed by atoms with van der Waals surface area (Å²) < 4.78 is 58.1. The molecule has 2 aliphatic heterocycles. The first-order chi connectivity index (χ1) is 30.0. The summed E-state index contributed by atoms with van der Waals surface area (Å²) in [7, 11) is -5.04. The minimum atomic E-state index is -4.31. The number of thioether (sulfide) groups is 1. The molecule has 1 atom stereocenters. The van der Waals surface area contributed by atoms with Crippen molar-refractivity contribution in [2.24, 2.45) is 0 Å². The number of aromatic nitrogens is 2. The highest BCUT2D eigenvalue weighted by atomic mass is 35.5. The average Bonchev–Trinajstić information content (AvgIpc) is 3.26. The smallest absolute Gasteiger partial charge is 0.263 e. The maximum absolute atomic E-state index is 14.2. The van der Waals surface area contributed by atoms with Crippen molar-refractivity contribution in [2.45, 2.75) is 91.1 Å². The van der Waals surface area contributed by atoms with Crippen molar-refractivity contribution in [3.05, 3.63) is 125 Å². The molecule has 1 amide bonds. The molecule has 63 heavy (non-hydrogen) atoms. The van der Waals surface area contributed by atoms with Crippen molar-refractivity contribution in [3.63, 3.8) is 0 Å². The Morgan fingerprint density at radius 1 is 0.905 bits per heavy atom. The minimum absolute atomic E-state index is 0.0970. The molecule has 334 valence electrons. The molecule has 0 bridgehead atoms. The van der Waals surface area contributed by atoms with E-state index in [1.807, 2.05) is 42.5 Å². The lowest BCUT2D eigenvalue weighted by Gasteiger charge is -2.40. The summed E-state index contributed by atoms with van der Waals surface area (Å²) in [6.07, 6.45) is 4.05. The third kappa shape index (κ3) is 11.2. The van der Waals surface area contributed by atoms with E-state index in [9.17, 15) is 21.6 Å². The van der Waals surface area contributed by atoms with Gasteiger partial charge in [0.2, 0.25) is 5.91 Å². The lowest BCUT2D eigenvalue weighted by molar-refractivity contribution is -0.128. The number of nitrogens with one attached hydrogen (secondary N) is 2. The minimum Gasteiger partial charge on any atom is -0.380 e. The van der Waals surface area contributed by atoms with Gasteiger partial charge in [-0.2, -0.15) is 0 Å². The molecule has 1 saturated heterocycles. The van der Waals surface area contributed by atoms with Crippen LogP contribution in [0.4, 0.5) is 11.5 Å². The van der Waals surface area contributed by atoms with Gasteiger partial charge in [0, 0.05) is 73.5 Å². The van der Waals surface area contributed by atoms with Gasteiger partial charge in [0.05, 0.1) is 25.9 Å². The van der Waals surface area contributed by atoms with Gasteiger partial charge in [-0.15, -0.1) is 11.8 Å². The predicted molar refractivity (Wildman–Crippen MR) is 253 cm³/mol. The highest BCUT2D eigenvalue weighted by Crippen LogP contribution is 2.36. The number of likely N-dealkylation sites (tertiary alicyclic amines) is 1. The monoisotopic (exact) mass is 929 g/mol. The van der Waals surface area contributed by atoms with E-state index >= 15 is 0 Å². The van der Waals surface area contributed by atoms with Gasteiger partial charge in [-0.25, -0.2) is 26.8 Å². The van der Waals surface area contributed by atoms with Gasteiger partial charge in [0.25, 0.3) is 10.0 Å². The Morgan fingerprint density at radius 3 is 2.30 bits per heavy atom. The first-order valence-corrected chi connectivity index (χ1v) is 25.5. The molecule has 3 heterocycles. The number of nitrogens with zero attached hydrogens (tertiary/aromatic N) is 5. The standard InChI is InChI=1S/C47H56ClN7O5S3/c1-47(2,3)62(57,58)44-28-39(19-20-42(44)51-36(27-45(56)53(4)5)31-61-38-12-7-6-8-13-38)63(59,60)52-46-41-23-26-55(30-43(41)49-32-50-46)37-21-24-54(25-22-37)29-34-11-9-10-14-40(34)33-15-17-35(48)18-16-33/h6-20,28,32,36-37,51H,21-27,29-31H2,1-5H3,(H,49,50,52)/t36-/m1/s1. The first kappa shape index (κ1) is 46.5. The quantitative estimate of drug-likeness (QED) is 0.0980. The molecule has 5 aromatic rings. The lowest BCUT2D eigenvalue weighted by atomic mass is 9.96. The summed E-state index contributed by atoms with van der Waals surface area (Å²) in [4.78, 5) is 29.0. The van der Waals surface area contributed by atoms with E-state index in [1.54, 1.807) is 34.9 Å². The molecular formula is C47H56ClN7O5S3. The molecule has 0 spiro atoms. The molecule has 0 unspecified atom stereocenters. The number of amides is 1. The average molecular weight is 931 g/mol.